The van der Waals surface area contributed by atoms with Crippen LogP contribution < -0.4 is 5.32 Å². The summed E-state index contributed by atoms with van der Waals surface area (Å²) in [6.07, 6.45) is 3.61. The van der Waals surface area contributed by atoms with Crippen molar-refractivity contribution in [3.8, 4) is 0 Å². The zero-order valence-corrected chi connectivity index (χ0v) is 13.1. The maximum absolute atomic E-state index is 12.8. The van der Waals surface area contributed by atoms with Crippen molar-refractivity contribution in [3.63, 3.8) is 0 Å². The van der Waals surface area contributed by atoms with Crippen LogP contribution in [0, 0.1) is 11.7 Å². The van der Waals surface area contributed by atoms with Gasteiger partial charge in [-0.05, 0) is 49.6 Å². The zero-order chi connectivity index (χ0) is 14.1. The van der Waals surface area contributed by atoms with Gasteiger partial charge in [0.2, 0.25) is 0 Å². The van der Waals surface area contributed by atoms with Crippen molar-refractivity contribution in [2.24, 2.45) is 5.92 Å². The number of nitrogens with one attached hydrogen (secondary N) is 1. The van der Waals surface area contributed by atoms with Gasteiger partial charge in [0.25, 0.3) is 0 Å². The molecule has 0 radical (unpaired) electrons. The predicted octanol–water partition coefficient (Wildman–Crippen LogP) is 4.72. The van der Waals surface area contributed by atoms with Crippen LogP contribution in [0.25, 0.3) is 0 Å². The maximum Gasteiger partial charge on any atom is 0.123 e. The standard InChI is InChI=1S/C16H26FNS/c1-4-10-18-15(11-13(3)5-2)12-19-16-8-6-14(17)7-9-16/h6-9,13,15,18H,4-5,10-12H2,1-3H3. The first-order chi connectivity index (χ1) is 9.15. The van der Waals surface area contributed by atoms with Gasteiger partial charge in [-0.15, -0.1) is 11.8 Å². The molecular weight excluding hydrogens is 257 g/mol. The Balaban J connectivity index is 2.44. The largest absolute Gasteiger partial charge is 0.313 e. The summed E-state index contributed by atoms with van der Waals surface area (Å²) < 4.78 is 12.8. The van der Waals surface area contributed by atoms with Gasteiger partial charge in [-0.2, -0.15) is 0 Å². The van der Waals surface area contributed by atoms with Crippen LogP contribution in [-0.2, 0) is 0 Å². The molecule has 1 rings (SSSR count). The van der Waals surface area contributed by atoms with E-state index in [0.29, 0.717) is 6.04 Å². The lowest BCUT2D eigenvalue weighted by atomic mass is 10.0. The van der Waals surface area contributed by atoms with E-state index in [0.717, 1.165) is 29.5 Å². The molecule has 0 saturated carbocycles. The molecule has 108 valence electrons. The molecule has 1 aromatic carbocycles. The highest BCUT2D eigenvalue weighted by Crippen LogP contribution is 2.21. The zero-order valence-electron chi connectivity index (χ0n) is 12.3. The molecule has 1 N–H and O–H groups in total. The molecule has 0 aliphatic carbocycles. The molecule has 0 amide bonds. The molecule has 2 atom stereocenters. The molecule has 1 aromatic rings. The fourth-order valence-corrected chi connectivity index (χ4v) is 2.91. The van der Waals surface area contributed by atoms with Gasteiger partial charge in [0.05, 0.1) is 0 Å². The van der Waals surface area contributed by atoms with E-state index in [1.54, 1.807) is 0 Å². The highest BCUT2D eigenvalue weighted by atomic mass is 32.2. The lowest BCUT2D eigenvalue weighted by molar-refractivity contribution is 0.417. The van der Waals surface area contributed by atoms with E-state index >= 15 is 0 Å². The molecule has 0 heterocycles. The summed E-state index contributed by atoms with van der Waals surface area (Å²) in [5, 5.41) is 3.62. The maximum atomic E-state index is 12.8. The second-order valence-corrected chi connectivity index (χ2v) is 6.26. The average molecular weight is 283 g/mol. The lowest BCUT2D eigenvalue weighted by Gasteiger charge is -2.21. The van der Waals surface area contributed by atoms with Crippen molar-refractivity contribution in [2.75, 3.05) is 12.3 Å². The van der Waals surface area contributed by atoms with E-state index in [-0.39, 0.29) is 5.82 Å². The van der Waals surface area contributed by atoms with Gasteiger partial charge in [0, 0.05) is 16.7 Å². The third-order valence-corrected chi connectivity index (χ3v) is 4.51. The summed E-state index contributed by atoms with van der Waals surface area (Å²) in [4.78, 5) is 1.15. The Morgan fingerprint density at radius 1 is 1.21 bits per heavy atom. The smallest absolute Gasteiger partial charge is 0.123 e. The highest BCUT2D eigenvalue weighted by molar-refractivity contribution is 7.99. The Kier molecular flexibility index (Phi) is 8.15. The average Bonchev–Trinajstić information content (AvgIpc) is 2.43. The van der Waals surface area contributed by atoms with Crippen LogP contribution in [0.4, 0.5) is 4.39 Å². The van der Waals surface area contributed by atoms with Gasteiger partial charge < -0.3 is 5.32 Å². The monoisotopic (exact) mass is 283 g/mol. The van der Waals surface area contributed by atoms with E-state index in [9.17, 15) is 4.39 Å². The first kappa shape index (κ1) is 16.5. The molecule has 1 nitrogen and oxygen atoms in total. The highest BCUT2D eigenvalue weighted by Gasteiger charge is 2.12. The molecule has 0 saturated heterocycles. The van der Waals surface area contributed by atoms with Crippen LogP contribution >= 0.6 is 11.8 Å². The molecule has 19 heavy (non-hydrogen) atoms. The summed E-state index contributed by atoms with van der Waals surface area (Å²) in [5.74, 6) is 1.64. The van der Waals surface area contributed by atoms with Crippen molar-refractivity contribution in [3.05, 3.63) is 30.1 Å². The number of hydrogen-bond donors (Lipinski definition) is 1. The number of benzene rings is 1. The Hall–Kier alpha value is -0.540. The van der Waals surface area contributed by atoms with Crippen LogP contribution in [-0.4, -0.2) is 18.3 Å². The van der Waals surface area contributed by atoms with E-state index in [4.69, 9.17) is 0 Å². The van der Waals surface area contributed by atoms with Crippen LogP contribution in [0.1, 0.15) is 40.0 Å². The third-order valence-electron chi connectivity index (χ3n) is 3.33. The molecule has 0 aliphatic heterocycles. The van der Waals surface area contributed by atoms with Crippen molar-refractivity contribution >= 4 is 11.8 Å². The molecule has 0 fully saturated rings. The van der Waals surface area contributed by atoms with E-state index in [1.807, 2.05) is 23.9 Å². The van der Waals surface area contributed by atoms with E-state index in [1.165, 1.54) is 25.0 Å². The van der Waals surface area contributed by atoms with Gasteiger partial charge in [0.15, 0.2) is 0 Å². The summed E-state index contributed by atoms with van der Waals surface area (Å²) >= 11 is 1.81. The number of hydrogen-bond acceptors (Lipinski definition) is 2. The minimum Gasteiger partial charge on any atom is -0.313 e. The van der Waals surface area contributed by atoms with Crippen molar-refractivity contribution < 1.29 is 4.39 Å². The minimum atomic E-state index is -0.162. The molecule has 2 unspecified atom stereocenters. The Labute approximate surface area is 121 Å². The van der Waals surface area contributed by atoms with Crippen molar-refractivity contribution in [1.29, 1.82) is 0 Å². The van der Waals surface area contributed by atoms with Crippen molar-refractivity contribution in [2.45, 2.75) is 51.0 Å². The van der Waals surface area contributed by atoms with Crippen molar-refractivity contribution in [1.82, 2.24) is 5.32 Å². The number of rotatable bonds is 9. The lowest BCUT2D eigenvalue weighted by Crippen LogP contribution is -2.33. The fourth-order valence-electron chi connectivity index (χ4n) is 1.94. The summed E-state index contributed by atoms with van der Waals surface area (Å²) in [6, 6.07) is 7.34. The quantitative estimate of drug-likeness (QED) is 0.658. The van der Waals surface area contributed by atoms with Crippen LogP contribution in [0.2, 0.25) is 0 Å². The van der Waals surface area contributed by atoms with E-state index in [2.05, 4.69) is 26.1 Å². The van der Waals surface area contributed by atoms with Gasteiger partial charge >= 0.3 is 0 Å². The Bertz CT molecular complexity index is 339. The molecule has 0 bridgehead atoms. The summed E-state index contributed by atoms with van der Waals surface area (Å²) in [5.41, 5.74) is 0. The second-order valence-electron chi connectivity index (χ2n) is 5.17. The minimum absolute atomic E-state index is 0.162. The van der Waals surface area contributed by atoms with Crippen LogP contribution in [0.15, 0.2) is 29.2 Å². The second kappa shape index (κ2) is 9.38. The molecular formula is C16H26FNS. The topological polar surface area (TPSA) is 12.0 Å². The van der Waals surface area contributed by atoms with Crippen LogP contribution in [0.5, 0.6) is 0 Å². The first-order valence-corrected chi connectivity index (χ1v) is 8.26. The van der Waals surface area contributed by atoms with E-state index < -0.39 is 0 Å². The molecule has 0 spiro atoms. The van der Waals surface area contributed by atoms with Gasteiger partial charge in [0.1, 0.15) is 5.82 Å². The normalized spacial score (nSPS) is 14.3. The fraction of sp³-hybridized carbons (Fsp3) is 0.625. The molecule has 0 aliphatic rings. The summed E-state index contributed by atoms with van der Waals surface area (Å²) in [6.45, 7) is 7.82. The number of halogens is 1. The van der Waals surface area contributed by atoms with Gasteiger partial charge in [-0.3, -0.25) is 0 Å². The van der Waals surface area contributed by atoms with Gasteiger partial charge in [-0.1, -0.05) is 27.2 Å². The molecule has 0 aromatic heterocycles. The first-order valence-electron chi connectivity index (χ1n) is 7.27. The SMILES string of the molecule is CCCNC(CSc1ccc(F)cc1)CC(C)CC. The summed E-state index contributed by atoms with van der Waals surface area (Å²) in [7, 11) is 0. The predicted molar refractivity (Wildman–Crippen MR) is 83.3 cm³/mol. The third kappa shape index (κ3) is 6.98. The van der Waals surface area contributed by atoms with Gasteiger partial charge in [-0.25, -0.2) is 4.39 Å². The van der Waals surface area contributed by atoms with Crippen LogP contribution in [0.3, 0.4) is 0 Å². The Morgan fingerprint density at radius 3 is 2.47 bits per heavy atom. The number of thioether (sulfide) groups is 1. The molecule has 3 heteroatoms. The Morgan fingerprint density at radius 2 is 1.89 bits per heavy atom.